The number of nitrogens with one attached hydrogen (secondary N) is 1. The second-order valence-electron chi connectivity index (χ2n) is 3.96. The highest BCUT2D eigenvalue weighted by Gasteiger charge is 2.47. The molecular weight excluding hydrogens is 168 g/mol. The topological polar surface area (TPSA) is 52.6 Å². The predicted octanol–water partition coefficient (Wildman–Crippen LogP) is -0.101. The SMILES string of the molecule is O=C(O)C1(N2CCCC2)CCNC1. The van der Waals surface area contributed by atoms with Gasteiger partial charge in [0.15, 0.2) is 0 Å². The van der Waals surface area contributed by atoms with Gasteiger partial charge in [-0.1, -0.05) is 0 Å². The molecule has 4 nitrogen and oxygen atoms in total. The minimum atomic E-state index is -0.653. The number of hydrogen-bond donors (Lipinski definition) is 2. The summed E-state index contributed by atoms with van der Waals surface area (Å²) in [6, 6.07) is 0. The zero-order chi connectivity index (χ0) is 9.31. The van der Waals surface area contributed by atoms with E-state index in [2.05, 4.69) is 10.2 Å². The molecule has 0 aromatic carbocycles. The number of likely N-dealkylation sites (tertiary alicyclic amines) is 1. The number of aliphatic carboxylic acids is 1. The molecule has 74 valence electrons. The fourth-order valence-electron chi connectivity index (χ4n) is 2.41. The first-order valence-corrected chi connectivity index (χ1v) is 4.95. The third-order valence-electron chi connectivity index (χ3n) is 3.24. The molecule has 0 radical (unpaired) electrons. The van der Waals surface area contributed by atoms with Crippen LogP contribution in [0.4, 0.5) is 0 Å². The van der Waals surface area contributed by atoms with E-state index >= 15 is 0 Å². The van der Waals surface area contributed by atoms with Crippen molar-refractivity contribution in [3.63, 3.8) is 0 Å². The highest BCUT2D eigenvalue weighted by atomic mass is 16.4. The van der Waals surface area contributed by atoms with Gasteiger partial charge in [0, 0.05) is 6.54 Å². The zero-order valence-corrected chi connectivity index (χ0v) is 7.75. The summed E-state index contributed by atoms with van der Waals surface area (Å²) in [5.41, 5.74) is -0.587. The molecule has 1 atom stereocenters. The molecule has 2 saturated heterocycles. The molecule has 2 aliphatic heterocycles. The molecule has 2 rings (SSSR count). The van der Waals surface area contributed by atoms with E-state index in [1.807, 2.05) is 0 Å². The highest BCUT2D eigenvalue weighted by Crippen LogP contribution is 2.27. The second kappa shape index (κ2) is 3.27. The van der Waals surface area contributed by atoms with Crippen LogP contribution in [0.25, 0.3) is 0 Å². The summed E-state index contributed by atoms with van der Waals surface area (Å²) in [5.74, 6) is -0.653. The van der Waals surface area contributed by atoms with Crippen LogP contribution < -0.4 is 5.32 Å². The third kappa shape index (κ3) is 1.34. The highest BCUT2D eigenvalue weighted by molar-refractivity contribution is 5.79. The summed E-state index contributed by atoms with van der Waals surface area (Å²) in [6.45, 7) is 3.35. The van der Waals surface area contributed by atoms with Crippen molar-refractivity contribution in [2.45, 2.75) is 24.8 Å². The number of carboxylic acid groups (broad SMARTS) is 1. The van der Waals surface area contributed by atoms with Gasteiger partial charge in [-0.05, 0) is 38.9 Å². The van der Waals surface area contributed by atoms with Crippen LogP contribution in [0.15, 0.2) is 0 Å². The molecule has 2 N–H and O–H groups in total. The summed E-state index contributed by atoms with van der Waals surface area (Å²) in [6.07, 6.45) is 3.05. The molecule has 2 heterocycles. The number of carbonyl (C=O) groups is 1. The molecule has 1 unspecified atom stereocenters. The Labute approximate surface area is 77.9 Å². The molecule has 4 heteroatoms. The van der Waals surface area contributed by atoms with Crippen LogP contribution in [0.3, 0.4) is 0 Å². The Hall–Kier alpha value is -0.610. The van der Waals surface area contributed by atoms with Gasteiger partial charge in [0.1, 0.15) is 5.54 Å². The molecule has 0 aromatic rings. The van der Waals surface area contributed by atoms with Gasteiger partial charge in [0.2, 0.25) is 0 Å². The molecule has 0 aliphatic carbocycles. The van der Waals surface area contributed by atoms with E-state index in [4.69, 9.17) is 0 Å². The lowest BCUT2D eigenvalue weighted by Crippen LogP contribution is -2.55. The molecule has 13 heavy (non-hydrogen) atoms. The normalized spacial score (nSPS) is 35.4. The Morgan fingerprint density at radius 1 is 1.38 bits per heavy atom. The molecular formula is C9H16N2O2. The summed E-state index contributed by atoms with van der Waals surface area (Å²) in [4.78, 5) is 13.4. The van der Waals surface area contributed by atoms with Crippen molar-refractivity contribution in [3.05, 3.63) is 0 Å². The standard InChI is InChI=1S/C9H16N2O2/c12-8(13)9(3-4-10-7-9)11-5-1-2-6-11/h10H,1-7H2,(H,12,13). The maximum atomic E-state index is 11.2. The van der Waals surface area contributed by atoms with Gasteiger partial charge in [0.05, 0.1) is 0 Å². The minimum absolute atomic E-state index is 0.587. The summed E-state index contributed by atoms with van der Waals surface area (Å²) >= 11 is 0. The summed E-state index contributed by atoms with van der Waals surface area (Å²) in [7, 11) is 0. The Kier molecular flexibility index (Phi) is 2.26. The molecule has 0 saturated carbocycles. The maximum Gasteiger partial charge on any atom is 0.325 e. The van der Waals surface area contributed by atoms with Gasteiger partial charge in [-0.25, -0.2) is 0 Å². The van der Waals surface area contributed by atoms with Gasteiger partial charge >= 0.3 is 5.97 Å². The number of carboxylic acids is 1. The van der Waals surface area contributed by atoms with Gasteiger partial charge in [-0.3, -0.25) is 9.69 Å². The van der Waals surface area contributed by atoms with Crippen LogP contribution >= 0.6 is 0 Å². The van der Waals surface area contributed by atoms with Crippen LogP contribution in [-0.4, -0.2) is 47.7 Å². The van der Waals surface area contributed by atoms with Crippen molar-refractivity contribution >= 4 is 5.97 Å². The van der Waals surface area contributed by atoms with Gasteiger partial charge < -0.3 is 10.4 Å². The predicted molar refractivity (Wildman–Crippen MR) is 48.7 cm³/mol. The lowest BCUT2D eigenvalue weighted by atomic mass is 9.97. The van der Waals surface area contributed by atoms with Crippen LogP contribution in [0, 0.1) is 0 Å². The quantitative estimate of drug-likeness (QED) is 0.629. The van der Waals surface area contributed by atoms with Crippen molar-refractivity contribution in [2.24, 2.45) is 0 Å². The van der Waals surface area contributed by atoms with Crippen molar-refractivity contribution < 1.29 is 9.90 Å². The maximum absolute atomic E-state index is 11.2. The average molecular weight is 184 g/mol. The molecule has 2 aliphatic rings. The van der Waals surface area contributed by atoms with E-state index in [0.29, 0.717) is 6.54 Å². The molecule has 2 fully saturated rings. The van der Waals surface area contributed by atoms with Crippen LogP contribution in [0.5, 0.6) is 0 Å². The van der Waals surface area contributed by atoms with Gasteiger partial charge in [-0.2, -0.15) is 0 Å². The van der Waals surface area contributed by atoms with E-state index in [9.17, 15) is 9.90 Å². The van der Waals surface area contributed by atoms with Gasteiger partial charge in [-0.15, -0.1) is 0 Å². The van der Waals surface area contributed by atoms with Crippen LogP contribution in [0.2, 0.25) is 0 Å². The Morgan fingerprint density at radius 2 is 2.08 bits per heavy atom. The van der Waals surface area contributed by atoms with E-state index < -0.39 is 11.5 Å². The fourth-order valence-corrected chi connectivity index (χ4v) is 2.41. The van der Waals surface area contributed by atoms with Crippen molar-refractivity contribution in [1.82, 2.24) is 10.2 Å². The first kappa shape index (κ1) is 8.97. The fraction of sp³-hybridized carbons (Fsp3) is 0.889. The van der Waals surface area contributed by atoms with Crippen LogP contribution in [-0.2, 0) is 4.79 Å². The van der Waals surface area contributed by atoms with E-state index in [1.54, 1.807) is 0 Å². The lowest BCUT2D eigenvalue weighted by Gasteiger charge is -2.33. The Bertz CT molecular complexity index is 206. The lowest BCUT2D eigenvalue weighted by molar-refractivity contribution is -0.149. The Balaban J connectivity index is 2.16. The molecule has 0 aromatic heterocycles. The zero-order valence-electron chi connectivity index (χ0n) is 7.75. The van der Waals surface area contributed by atoms with E-state index in [-0.39, 0.29) is 0 Å². The number of nitrogens with zero attached hydrogens (tertiary/aromatic N) is 1. The van der Waals surface area contributed by atoms with Crippen molar-refractivity contribution in [2.75, 3.05) is 26.2 Å². The summed E-state index contributed by atoms with van der Waals surface area (Å²) in [5, 5.41) is 12.4. The average Bonchev–Trinajstić information content (AvgIpc) is 2.75. The third-order valence-corrected chi connectivity index (χ3v) is 3.24. The molecule has 0 bridgehead atoms. The Morgan fingerprint density at radius 3 is 2.54 bits per heavy atom. The van der Waals surface area contributed by atoms with E-state index in [0.717, 1.165) is 38.9 Å². The summed E-state index contributed by atoms with van der Waals surface area (Å²) < 4.78 is 0. The minimum Gasteiger partial charge on any atom is -0.480 e. The van der Waals surface area contributed by atoms with E-state index in [1.165, 1.54) is 0 Å². The smallest absolute Gasteiger partial charge is 0.325 e. The molecule has 0 amide bonds. The largest absolute Gasteiger partial charge is 0.480 e. The van der Waals surface area contributed by atoms with Gasteiger partial charge in [0.25, 0.3) is 0 Å². The second-order valence-corrected chi connectivity index (χ2v) is 3.96. The van der Waals surface area contributed by atoms with Crippen molar-refractivity contribution in [3.8, 4) is 0 Å². The monoisotopic (exact) mass is 184 g/mol. The number of rotatable bonds is 2. The van der Waals surface area contributed by atoms with Crippen LogP contribution in [0.1, 0.15) is 19.3 Å². The molecule has 0 spiro atoms. The number of hydrogen-bond acceptors (Lipinski definition) is 3. The first-order chi connectivity index (χ1) is 6.26. The first-order valence-electron chi connectivity index (χ1n) is 4.95. The van der Waals surface area contributed by atoms with Crippen molar-refractivity contribution in [1.29, 1.82) is 0 Å².